The van der Waals surface area contributed by atoms with Gasteiger partial charge in [0.1, 0.15) is 0 Å². The van der Waals surface area contributed by atoms with Gasteiger partial charge in [-0.2, -0.15) is 47.1 Å². The average molecular weight is 675 g/mol. The molecule has 0 radical (unpaired) electrons. The zero-order valence-electron chi connectivity index (χ0n) is 25.5. The fraction of sp³-hybridized carbons (Fsp3) is 0.289. The number of hydrogen-bond donors (Lipinski definition) is 0. The molecule has 0 spiro atoms. The van der Waals surface area contributed by atoms with Gasteiger partial charge < -0.3 is 29.2 Å². The van der Waals surface area contributed by atoms with Gasteiger partial charge in [0.05, 0.1) is 6.26 Å². The van der Waals surface area contributed by atoms with Crippen LogP contribution in [0.2, 0.25) is 0 Å². The molecule has 0 saturated carbocycles. The van der Waals surface area contributed by atoms with Crippen molar-refractivity contribution in [2.24, 2.45) is 0 Å². The second-order valence-corrected chi connectivity index (χ2v) is 13.4. The minimum absolute atomic E-state index is 0. The SMILES string of the molecule is CC(C)(C)c1c[c-]c2c(c1)-c1cc(C(C)(C)C)ccc1C2.[C-]1=C(c2ccoc2)C=CC1.[Cl-].[Cl-].[Zr+2]=[CH]Cc1ccccc1. The second kappa shape index (κ2) is 16.0. The Morgan fingerprint density at radius 2 is 1.55 bits per heavy atom. The van der Waals surface area contributed by atoms with E-state index >= 15 is 0 Å². The molecule has 2 aliphatic carbocycles. The van der Waals surface area contributed by atoms with Crippen LogP contribution in [0, 0.1) is 12.1 Å². The first kappa shape index (κ1) is 35.9. The summed E-state index contributed by atoms with van der Waals surface area (Å²) in [6.07, 6.45) is 13.8. The Balaban J connectivity index is 0.000000245. The summed E-state index contributed by atoms with van der Waals surface area (Å²) in [4.78, 5) is 0. The van der Waals surface area contributed by atoms with E-state index in [2.05, 4.69) is 124 Å². The van der Waals surface area contributed by atoms with Gasteiger partial charge in [-0.3, -0.25) is 0 Å². The molecule has 0 saturated heterocycles. The Labute approximate surface area is 280 Å². The van der Waals surface area contributed by atoms with Crippen LogP contribution in [-0.2, 0) is 47.9 Å². The van der Waals surface area contributed by atoms with Crippen molar-refractivity contribution >= 4 is 9.28 Å². The second-order valence-electron chi connectivity index (χ2n) is 12.4. The van der Waals surface area contributed by atoms with Crippen molar-refractivity contribution in [1.29, 1.82) is 0 Å². The van der Waals surface area contributed by atoms with Gasteiger partial charge in [0.25, 0.3) is 0 Å². The molecule has 0 amide bonds. The van der Waals surface area contributed by atoms with Crippen LogP contribution in [0.25, 0.3) is 16.7 Å². The van der Waals surface area contributed by atoms with Gasteiger partial charge >= 0.3 is 70.3 Å². The van der Waals surface area contributed by atoms with Gasteiger partial charge in [-0.05, 0) is 17.4 Å². The van der Waals surface area contributed by atoms with E-state index in [1.807, 2.05) is 12.1 Å². The summed E-state index contributed by atoms with van der Waals surface area (Å²) in [5, 5.41) is 0. The standard InChI is InChI=1S/C21H25.C9H7O.C8H8.2ClH.Zr/c1-20(2,3)16-9-7-14-11-15-8-10-17(21(4,5)6)13-19(15)18(14)12-16;1-2-4-8(3-1)9-5-6-10-7-9;1-2-8-6-4-3-5-7-8;;;/h7,9-10,12-13H,11H2,1-6H3;1,3,5-7H,2H2;1,3-7H,2H2;2*1H;/q2*-1;;;;+2/p-2. The minimum atomic E-state index is 0. The number of fused-ring (bicyclic) bond motifs is 3. The molecule has 1 nitrogen and oxygen atoms in total. The Morgan fingerprint density at radius 3 is 2.12 bits per heavy atom. The van der Waals surface area contributed by atoms with Crippen molar-refractivity contribution in [3.8, 4) is 11.1 Å². The molecule has 0 aliphatic heterocycles. The van der Waals surface area contributed by atoms with E-state index in [9.17, 15) is 0 Å². The van der Waals surface area contributed by atoms with Crippen LogP contribution in [0.3, 0.4) is 0 Å². The van der Waals surface area contributed by atoms with Crippen molar-refractivity contribution in [2.75, 3.05) is 0 Å². The van der Waals surface area contributed by atoms with Gasteiger partial charge in [0.15, 0.2) is 0 Å². The van der Waals surface area contributed by atoms with Crippen LogP contribution >= 0.6 is 0 Å². The van der Waals surface area contributed by atoms with Crippen LogP contribution in [0.1, 0.15) is 81.3 Å². The first-order valence-corrected chi connectivity index (χ1v) is 15.5. The summed E-state index contributed by atoms with van der Waals surface area (Å²) in [5.41, 5.74) is 12.4. The van der Waals surface area contributed by atoms with E-state index in [4.69, 9.17) is 4.42 Å². The summed E-state index contributed by atoms with van der Waals surface area (Å²) in [6.45, 7) is 13.6. The van der Waals surface area contributed by atoms with Crippen LogP contribution in [0.4, 0.5) is 0 Å². The quantitative estimate of drug-likeness (QED) is 0.267. The van der Waals surface area contributed by atoms with Gasteiger partial charge in [-0.1, -0.05) is 94.3 Å². The first-order chi connectivity index (χ1) is 19.1. The third-order valence-corrected chi connectivity index (χ3v) is 7.74. The van der Waals surface area contributed by atoms with E-state index in [-0.39, 0.29) is 35.6 Å². The zero-order chi connectivity index (χ0) is 28.8. The van der Waals surface area contributed by atoms with E-state index < -0.39 is 0 Å². The Bertz CT molecular complexity index is 1420. The molecule has 2 aliphatic rings. The average Bonchev–Trinajstić information content (AvgIpc) is 3.70. The number of allylic oxidation sites excluding steroid dienone is 4. The fourth-order valence-electron chi connectivity index (χ4n) is 4.74. The normalized spacial score (nSPS) is 12.7. The Morgan fingerprint density at radius 1 is 0.857 bits per heavy atom. The number of rotatable bonds is 3. The molecule has 6 rings (SSSR count). The summed E-state index contributed by atoms with van der Waals surface area (Å²) < 4.78 is 7.18. The summed E-state index contributed by atoms with van der Waals surface area (Å²) in [6, 6.07) is 27.5. The topological polar surface area (TPSA) is 13.1 Å². The molecule has 0 bridgehead atoms. The summed E-state index contributed by atoms with van der Waals surface area (Å²) in [5.74, 6) is 0. The van der Waals surface area contributed by atoms with Crippen molar-refractivity contribution in [2.45, 2.75) is 71.6 Å². The van der Waals surface area contributed by atoms with Gasteiger partial charge in [0, 0.05) is 6.26 Å². The molecule has 4 heteroatoms. The molecule has 42 heavy (non-hydrogen) atoms. The summed E-state index contributed by atoms with van der Waals surface area (Å²) in [7, 11) is 0. The van der Waals surface area contributed by atoms with E-state index in [1.165, 1.54) is 63.2 Å². The van der Waals surface area contributed by atoms with Crippen molar-refractivity contribution in [3.63, 3.8) is 0 Å². The van der Waals surface area contributed by atoms with Gasteiger partial charge in [-0.25, -0.2) is 0 Å². The molecular weight excluding hydrogens is 635 g/mol. The maximum atomic E-state index is 4.93. The van der Waals surface area contributed by atoms with Crippen molar-refractivity contribution in [1.82, 2.24) is 0 Å². The van der Waals surface area contributed by atoms with E-state index in [1.54, 1.807) is 12.5 Å². The van der Waals surface area contributed by atoms with E-state index in [0.717, 1.165) is 30.4 Å². The van der Waals surface area contributed by atoms with Gasteiger partial charge in [-0.15, -0.1) is 11.6 Å². The molecule has 218 valence electrons. The van der Waals surface area contributed by atoms with E-state index in [0.29, 0.717) is 0 Å². The first-order valence-electron chi connectivity index (χ1n) is 14.1. The Hall–Kier alpha value is -2.25. The van der Waals surface area contributed by atoms with Crippen LogP contribution in [0.5, 0.6) is 0 Å². The molecule has 1 heterocycles. The van der Waals surface area contributed by atoms with Crippen LogP contribution in [0.15, 0.2) is 95.8 Å². The van der Waals surface area contributed by atoms with Crippen LogP contribution in [-0.4, -0.2) is 3.71 Å². The molecular formula is C38H40Cl2OZr-2. The molecule has 1 aromatic heterocycles. The van der Waals surface area contributed by atoms with Gasteiger partial charge in [0.2, 0.25) is 0 Å². The predicted molar refractivity (Wildman–Crippen MR) is 166 cm³/mol. The number of furan rings is 1. The maximum absolute atomic E-state index is 4.93. The molecule has 4 aromatic rings. The van der Waals surface area contributed by atoms with Crippen LogP contribution < -0.4 is 24.8 Å². The molecule has 3 aromatic carbocycles. The fourth-order valence-corrected chi connectivity index (χ4v) is 5.32. The summed E-state index contributed by atoms with van der Waals surface area (Å²) >= 11 is 1.51. The number of benzene rings is 3. The van der Waals surface area contributed by atoms with Crippen molar-refractivity contribution in [3.05, 3.63) is 137 Å². The molecule has 0 unspecified atom stereocenters. The zero-order valence-corrected chi connectivity index (χ0v) is 29.5. The Kier molecular flexibility index (Phi) is 13.7. The number of halogens is 2. The third kappa shape index (κ3) is 9.63. The molecule has 0 fully saturated rings. The van der Waals surface area contributed by atoms with Crippen molar-refractivity contribution < 1.29 is 53.5 Å². The molecule has 0 N–H and O–H groups in total. The number of hydrogen-bond acceptors (Lipinski definition) is 1. The molecule has 0 atom stereocenters. The monoisotopic (exact) mass is 672 g/mol. The third-order valence-electron chi connectivity index (χ3n) is 7.23. The predicted octanol–water partition coefficient (Wildman–Crippen LogP) is 3.67.